The van der Waals surface area contributed by atoms with Crippen molar-refractivity contribution in [3.8, 4) is 5.75 Å². The van der Waals surface area contributed by atoms with Gasteiger partial charge in [0, 0.05) is 17.2 Å². The molecule has 2 aromatic rings. The number of aromatic hydroxyl groups is 1. The van der Waals surface area contributed by atoms with Crippen molar-refractivity contribution in [3.63, 3.8) is 0 Å². The standard InChI is InChI=1S/C22H21NO3/c24-16-11-12-17-18(13-16)21(25)20(19(17)14-7-3-1-4-8-14)22(26)23-15-9-5-2-6-10-15/h1,3-4,7-8,11-13,15,24H,2,5-6,9-10H2,(H,23,26). The zero-order chi connectivity index (χ0) is 18.1. The van der Waals surface area contributed by atoms with Gasteiger partial charge in [-0.1, -0.05) is 49.6 Å². The van der Waals surface area contributed by atoms with Crippen LogP contribution in [-0.2, 0) is 4.79 Å². The number of hydrogen-bond donors (Lipinski definition) is 2. The fourth-order valence-corrected chi connectivity index (χ4v) is 3.95. The summed E-state index contributed by atoms with van der Waals surface area (Å²) in [4.78, 5) is 26.0. The maximum absolute atomic E-state index is 13.0. The molecule has 2 N–H and O–H groups in total. The van der Waals surface area contributed by atoms with Crippen molar-refractivity contribution in [2.24, 2.45) is 0 Å². The number of fused-ring (bicyclic) bond motifs is 1. The smallest absolute Gasteiger partial charge is 0.256 e. The molecule has 4 rings (SSSR count). The number of amides is 1. The highest BCUT2D eigenvalue weighted by atomic mass is 16.3. The Balaban J connectivity index is 1.78. The van der Waals surface area contributed by atoms with E-state index < -0.39 is 0 Å². The first-order valence-electron chi connectivity index (χ1n) is 9.14. The zero-order valence-electron chi connectivity index (χ0n) is 14.5. The lowest BCUT2D eigenvalue weighted by molar-refractivity contribution is -0.117. The summed E-state index contributed by atoms with van der Waals surface area (Å²) in [7, 11) is 0. The van der Waals surface area contributed by atoms with Gasteiger partial charge in [-0.3, -0.25) is 9.59 Å². The molecular formula is C22H21NO3. The first-order valence-corrected chi connectivity index (χ1v) is 9.14. The van der Waals surface area contributed by atoms with E-state index in [0.29, 0.717) is 16.7 Å². The van der Waals surface area contributed by atoms with E-state index in [4.69, 9.17) is 0 Å². The number of nitrogens with one attached hydrogen (secondary N) is 1. The minimum atomic E-state index is -0.317. The third kappa shape index (κ3) is 2.92. The molecule has 0 spiro atoms. The summed E-state index contributed by atoms with van der Waals surface area (Å²) in [6.45, 7) is 0. The van der Waals surface area contributed by atoms with Gasteiger partial charge in [0.2, 0.25) is 0 Å². The van der Waals surface area contributed by atoms with E-state index in [0.717, 1.165) is 31.2 Å². The zero-order valence-corrected chi connectivity index (χ0v) is 14.5. The lowest BCUT2D eigenvalue weighted by atomic mass is 9.94. The third-order valence-electron chi connectivity index (χ3n) is 5.22. The van der Waals surface area contributed by atoms with Gasteiger partial charge >= 0.3 is 0 Å². The highest BCUT2D eigenvalue weighted by Crippen LogP contribution is 2.39. The summed E-state index contributed by atoms with van der Waals surface area (Å²) in [5.41, 5.74) is 2.76. The van der Waals surface area contributed by atoms with Crippen LogP contribution in [0.4, 0.5) is 0 Å². The number of phenolic OH excluding ortho intramolecular Hbond substituents is 1. The van der Waals surface area contributed by atoms with E-state index in [2.05, 4.69) is 5.32 Å². The fraction of sp³-hybridized carbons (Fsp3) is 0.273. The predicted molar refractivity (Wildman–Crippen MR) is 99.9 cm³/mol. The Bertz CT molecular complexity index is 893. The van der Waals surface area contributed by atoms with Crippen molar-refractivity contribution < 1.29 is 14.7 Å². The van der Waals surface area contributed by atoms with Crippen LogP contribution < -0.4 is 5.32 Å². The molecule has 0 saturated heterocycles. The number of ketones is 1. The van der Waals surface area contributed by atoms with Crippen molar-refractivity contribution >= 4 is 17.3 Å². The van der Waals surface area contributed by atoms with Crippen LogP contribution in [0.1, 0.15) is 53.6 Å². The van der Waals surface area contributed by atoms with Crippen LogP contribution in [0.3, 0.4) is 0 Å². The van der Waals surface area contributed by atoms with E-state index in [1.807, 2.05) is 30.3 Å². The SMILES string of the molecule is O=C(NC1CCCCC1)C1=C(c2ccccc2)c2ccc(O)cc2C1=O. The first kappa shape index (κ1) is 16.6. The molecule has 0 aromatic heterocycles. The van der Waals surface area contributed by atoms with E-state index in [9.17, 15) is 14.7 Å². The summed E-state index contributed by atoms with van der Waals surface area (Å²) < 4.78 is 0. The molecule has 1 fully saturated rings. The summed E-state index contributed by atoms with van der Waals surface area (Å²) in [5, 5.41) is 12.8. The second kappa shape index (κ2) is 6.79. The molecular weight excluding hydrogens is 326 g/mol. The van der Waals surface area contributed by atoms with E-state index in [-0.39, 0.29) is 29.1 Å². The lowest BCUT2D eigenvalue weighted by Gasteiger charge is -2.23. The first-order chi connectivity index (χ1) is 12.6. The van der Waals surface area contributed by atoms with Crippen molar-refractivity contribution in [3.05, 3.63) is 70.8 Å². The quantitative estimate of drug-likeness (QED) is 0.829. The minimum Gasteiger partial charge on any atom is -0.508 e. The van der Waals surface area contributed by atoms with E-state index in [1.54, 1.807) is 12.1 Å². The summed E-state index contributed by atoms with van der Waals surface area (Å²) in [5.74, 6) is -0.599. The van der Waals surface area contributed by atoms with Gasteiger partial charge < -0.3 is 10.4 Å². The average molecular weight is 347 g/mol. The molecule has 2 aliphatic carbocycles. The van der Waals surface area contributed by atoms with Crippen LogP contribution in [-0.4, -0.2) is 22.8 Å². The normalized spacial score (nSPS) is 17.3. The Morgan fingerprint density at radius 3 is 2.42 bits per heavy atom. The number of carbonyl (C=O) groups excluding carboxylic acids is 2. The van der Waals surface area contributed by atoms with Crippen LogP contribution in [0.2, 0.25) is 0 Å². The Labute approximate surface area is 152 Å². The second-order valence-corrected chi connectivity index (χ2v) is 6.98. The monoisotopic (exact) mass is 347 g/mol. The Hall–Kier alpha value is -2.88. The highest BCUT2D eigenvalue weighted by molar-refractivity contribution is 6.36. The third-order valence-corrected chi connectivity index (χ3v) is 5.22. The molecule has 0 radical (unpaired) electrons. The van der Waals surface area contributed by atoms with E-state index in [1.165, 1.54) is 12.5 Å². The van der Waals surface area contributed by atoms with Gasteiger partial charge in [0.25, 0.3) is 5.91 Å². The van der Waals surface area contributed by atoms with Crippen LogP contribution in [0.25, 0.3) is 5.57 Å². The van der Waals surface area contributed by atoms with Crippen LogP contribution in [0.15, 0.2) is 54.1 Å². The van der Waals surface area contributed by atoms with Crippen molar-refractivity contribution in [1.82, 2.24) is 5.32 Å². The lowest BCUT2D eigenvalue weighted by Crippen LogP contribution is -2.38. The Kier molecular flexibility index (Phi) is 4.33. The summed E-state index contributed by atoms with van der Waals surface area (Å²) in [6.07, 6.45) is 5.34. The van der Waals surface area contributed by atoms with Gasteiger partial charge in [0.05, 0.1) is 5.57 Å². The van der Waals surface area contributed by atoms with Crippen molar-refractivity contribution in [2.75, 3.05) is 0 Å². The topological polar surface area (TPSA) is 66.4 Å². The minimum absolute atomic E-state index is 0.0263. The van der Waals surface area contributed by atoms with Crippen LogP contribution in [0, 0.1) is 0 Å². The molecule has 1 saturated carbocycles. The van der Waals surface area contributed by atoms with Crippen molar-refractivity contribution in [1.29, 1.82) is 0 Å². The van der Waals surface area contributed by atoms with Gasteiger partial charge in [-0.05, 0) is 42.2 Å². The second-order valence-electron chi connectivity index (χ2n) is 6.98. The highest BCUT2D eigenvalue weighted by Gasteiger charge is 2.35. The Morgan fingerprint density at radius 2 is 1.69 bits per heavy atom. The maximum atomic E-state index is 13.0. The molecule has 2 aromatic carbocycles. The number of rotatable bonds is 3. The number of hydrogen-bond acceptors (Lipinski definition) is 3. The van der Waals surface area contributed by atoms with Gasteiger partial charge in [0.15, 0.2) is 5.78 Å². The number of benzene rings is 2. The van der Waals surface area contributed by atoms with Crippen molar-refractivity contribution in [2.45, 2.75) is 38.1 Å². The molecule has 2 aliphatic rings. The van der Waals surface area contributed by atoms with Gasteiger partial charge in [-0.2, -0.15) is 0 Å². The molecule has 132 valence electrons. The van der Waals surface area contributed by atoms with Gasteiger partial charge in [0.1, 0.15) is 5.75 Å². The largest absolute Gasteiger partial charge is 0.508 e. The molecule has 0 unspecified atom stereocenters. The number of Topliss-reactive ketones (excluding diaryl/α,β-unsaturated/α-hetero) is 1. The molecule has 0 heterocycles. The molecule has 0 aliphatic heterocycles. The predicted octanol–water partition coefficient (Wildman–Crippen LogP) is 3.84. The molecule has 0 bridgehead atoms. The summed E-state index contributed by atoms with van der Waals surface area (Å²) in [6, 6.07) is 14.3. The van der Waals surface area contributed by atoms with Gasteiger partial charge in [-0.15, -0.1) is 0 Å². The molecule has 0 atom stereocenters. The number of carbonyl (C=O) groups is 2. The maximum Gasteiger partial charge on any atom is 0.256 e. The fourth-order valence-electron chi connectivity index (χ4n) is 3.95. The van der Waals surface area contributed by atoms with Crippen LogP contribution >= 0.6 is 0 Å². The van der Waals surface area contributed by atoms with Gasteiger partial charge in [-0.25, -0.2) is 0 Å². The average Bonchev–Trinajstić information content (AvgIpc) is 2.95. The molecule has 26 heavy (non-hydrogen) atoms. The summed E-state index contributed by atoms with van der Waals surface area (Å²) >= 11 is 0. The Morgan fingerprint density at radius 1 is 0.962 bits per heavy atom. The number of phenols is 1. The van der Waals surface area contributed by atoms with Crippen LogP contribution in [0.5, 0.6) is 5.75 Å². The molecule has 4 nitrogen and oxygen atoms in total. The molecule has 1 amide bonds. The molecule has 4 heteroatoms. The van der Waals surface area contributed by atoms with E-state index >= 15 is 0 Å².